The summed E-state index contributed by atoms with van der Waals surface area (Å²) in [5, 5.41) is 12.6. The van der Waals surface area contributed by atoms with E-state index >= 15 is 0 Å². The topological polar surface area (TPSA) is 95.2 Å². The van der Waals surface area contributed by atoms with E-state index in [2.05, 4.69) is 32.9 Å². The molecule has 0 saturated carbocycles. The van der Waals surface area contributed by atoms with Crippen LogP contribution in [0.3, 0.4) is 0 Å². The molecule has 1 aliphatic carbocycles. The molecule has 206 valence electrons. The van der Waals surface area contributed by atoms with Crippen LogP contribution in [0.1, 0.15) is 44.1 Å². The van der Waals surface area contributed by atoms with Gasteiger partial charge in [0.1, 0.15) is 17.1 Å². The van der Waals surface area contributed by atoms with E-state index in [-0.39, 0.29) is 23.0 Å². The van der Waals surface area contributed by atoms with Crippen LogP contribution < -0.4 is 9.64 Å². The lowest BCUT2D eigenvalue weighted by atomic mass is 9.89. The van der Waals surface area contributed by atoms with Gasteiger partial charge in [-0.3, -0.25) is 24.1 Å². The summed E-state index contributed by atoms with van der Waals surface area (Å²) in [5.74, 6) is 0.290. The molecule has 0 atom stereocenters. The molecule has 10 heteroatoms. The van der Waals surface area contributed by atoms with Crippen LogP contribution in [0.4, 0.5) is 5.69 Å². The largest absolute Gasteiger partial charge is 0.791 e. The summed E-state index contributed by atoms with van der Waals surface area (Å²) in [5.41, 5.74) is 3.25. The third-order valence-electron chi connectivity index (χ3n) is 8.05. The summed E-state index contributed by atoms with van der Waals surface area (Å²) in [7, 11) is 1.73. The van der Waals surface area contributed by atoms with Gasteiger partial charge in [-0.15, -0.1) is 0 Å². The lowest BCUT2D eigenvalue weighted by Crippen LogP contribution is -2.47. The van der Waals surface area contributed by atoms with Crippen LogP contribution in [0.25, 0.3) is 0 Å². The van der Waals surface area contributed by atoms with Crippen molar-refractivity contribution in [2.75, 3.05) is 71.0 Å². The van der Waals surface area contributed by atoms with E-state index in [1.54, 1.807) is 31.4 Å². The van der Waals surface area contributed by atoms with Gasteiger partial charge in [-0.1, -0.05) is 30.3 Å². The third kappa shape index (κ3) is 4.84. The van der Waals surface area contributed by atoms with E-state index in [1.807, 2.05) is 0 Å². The number of benzene rings is 2. The number of methoxy groups -OCH3 is 1. The number of anilines is 1. The molecule has 0 amide bonds. The minimum Gasteiger partial charge on any atom is -0.791 e. The van der Waals surface area contributed by atoms with E-state index < -0.39 is 0 Å². The van der Waals surface area contributed by atoms with Gasteiger partial charge in [-0.2, -0.15) is 0 Å². The molecule has 3 heterocycles. The van der Waals surface area contributed by atoms with Crippen LogP contribution in [0.15, 0.2) is 42.5 Å². The van der Waals surface area contributed by atoms with Crippen molar-refractivity contribution in [3.63, 3.8) is 0 Å². The number of carbonyl (C=O) groups is 2. The van der Waals surface area contributed by atoms with Gasteiger partial charge in [-0.05, 0) is 24.1 Å². The number of nitrogens with zero attached hydrogens (tertiary/aromatic N) is 5. The number of ketones is 2. The Hall–Kier alpha value is -3.60. The second kappa shape index (κ2) is 10.9. The molecule has 0 radical (unpaired) electrons. The zero-order valence-corrected chi connectivity index (χ0v) is 22.3. The first kappa shape index (κ1) is 25.7. The number of aromatic nitrogens is 2. The van der Waals surface area contributed by atoms with Gasteiger partial charge in [0.2, 0.25) is 11.6 Å². The van der Waals surface area contributed by atoms with Crippen molar-refractivity contribution in [3.8, 4) is 5.75 Å². The summed E-state index contributed by atoms with van der Waals surface area (Å²) in [6, 6.07) is 13.2. The van der Waals surface area contributed by atoms with Gasteiger partial charge in [0, 0.05) is 70.0 Å². The Kier molecular flexibility index (Phi) is 7.16. The second-order valence-electron chi connectivity index (χ2n) is 10.4. The van der Waals surface area contributed by atoms with Gasteiger partial charge < -0.3 is 24.4 Å². The molecule has 3 aromatic rings. The minimum absolute atomic E-state index is 0.0303. The summed E-state index contributed by atoms with van der Waals surface area (Å²) in [4.78, 5) is 33.4. The number of ether oxygens (including phenoxy) is 2. The molecule has 0 unspecified atom stereocenters. The lowest BCUT2D eigenvalue weighted by Gasteiger charge is -2.38. The van der Waals surface area contributed by atoms with Gasteiger partial charge >= 0.3 is 0 Å². The number of rotatable bonds is 8. The Labute approximate surface area is 227 Å². The highest BCUT2D eigenvalue weighted by Gasteiger charge is 2.36. The predicted molar refractivity (Wildman–Crippen MR) is 147 cm³/mol. The zero-order valence-electron chi connectivity index (χ0n) is 22.3. The average molecular weight is 533 g/mol. The number of hydrogen-bond acceptors (Lipinski definition) is 8. The van der Waals surface area contributed by atoms with Crippen molar-refractivity contribution in [1.29, 1.82) is 0 Å². The molecule has 1 aromatic heterocycles. The monoisotopic (exact) mass is 532 g/mol. The van der Waals surface area contributed by atoms with E-state index in [9.17, 15) is 14.8 Å². The van der Waals surface area contributed by atoms with Gasteiger partial charge in [0.05, 0.1) is 26.0 Å². The molecular weight excluding hydrogens is 498 g/mol. The Morgan fingerprint density at radius 3 is 2.23 bits per heavy atom. The summed E-state index contributed by atoms with van der Waals surface area (Å²) in [6.45, 7) is 9.18. The van der Waals surface area contributed by atoms with Crippen molar-refractivity contribution in [2.24, 2.45) is 0 Å². The van der Waals surface area contributed by atoms with Crippen LogP contribution in [-0.4, -0.2) is 97.0 Å². The fraction of sp³-hybridized carbons (Fsp3) is 0.448. The molecule has 2 saturated heterocycles. The van der Waals surface area contributed by atoms with Crippen molar-refractivity contribution in [1.82, 2.24) is 19.3 Å². The number of piperazine rings is 1. The normalized spacial score (nSPS) is 18.3. The molecule has 0 spiro atoms. The van der Waals surface area contributed by atoms with Gasteiger partial charge in [0.15, 0.2) is 0 Å². The maximum atomic E-state index is 12.9. The van der Waals surface area contributed by atoms with Crippen LogP contribution in [0.5, 0.6) is 5.75 Å². The summed E-state index contributed by atoms with van der Waals surface area (Å²) >= 11 is 0. The fourth-order valence-corrected chi connectivity index (χ4v) is 5.89. The fourth-order valence-electron chi connectivity index (χ4n) is 5.89. The van der Waals surface area contributed by atoms with Gasteiger partial charge in [-0.25, -0.2) is 0 Å². The van der Waals surface area contributed by atoms with E-state index in [0.717, 1.165) is 83.4 Å². The average Bonchev–Trinajstić information content (AvgIpc) is 2.98. The molecule has 6 rings (SSSR count). The summed E-state index contributed by atoms with van der Waals surface area (Å²) in [6.07, 6.45) is 0.720. The van der Waals surface area contributed by atoms with Gasteiger partial charge in [0.25, 0.3) is 0 Å². The van der Waals surface area contributed by atoms with Crippen LogP contribution in [-0.2, 0) is 17.8 Å². The Balaban J connectivity index is 1.02. The molecule has 2 aromatic carbocycles. The highest BCUT2D eigenvalue weighted by atomic mass is 16.5. The maximum Gasteiger partial charge on any atom is 0.213 e. The highest BCUT2D eigenvalue weighted by molar-refractivity contribution is 6.27. The Morgan fingerprint density at radius 2 is 1.54 bits per heavy atom. The number of hydrogen-bond donors (Lipinski definition) is 0. The first-order valence-electron chi connectivity index (χ1n) is 13.7. The number of fused-ring (bicyclic) bond motifs is 2. The third-order valence-corrected chi connectivity index (χ3v) is 8.05. The van der Waals surface area contributed by atoms with Crippen molar-refractivity contribution >= 4 is 17.3 Å². The highest BCUT2D eigenvalue weighted by Crippen LogP contribution is 2.32. The van der Waals surface area contributed by atoms with Crippen molar-refractivity contribution < 1.29 is 19.1 Å². The SMILES string of the molecule is COc1cc(CN2CCOCC2)ccc1N1CCN(CCCn2c3c(n2[O-])C(=O)c2ccccc2C3=O)CC1. The van der Waals surface area contributed by atoms with Crippen molar-refractivity contribution in [2.45, 2.75) is 19.5 Å². The van der Waals surface area contributed by atoms with Crippen LogP contribution in [0, 0.1) is 5.21 Å². The standard InChI is InChI=1S/C29H34N5O5/c1-38-25-19-21(20-31-15-17-39-18-16-31)7-8-24(25)32-13-11-30(12-14-32)9-4-10-33-26-27(34(33)37)29(36)23-6-3-2-5-22(23)28(26)35/h2-3,5-8,19H,4,9-18,20H2,1H3/q-1. The number of carbonyl (C=O) groups excluding carboxylic acids is 2. The van der Waals surface area contributed by atoms with Crippen LogP contribution >= 0.6 is 0 Å². The molecule has 2 aliphatic heterocycles. The molecule has 2 fully saturated rings. The second-order valence-corrected chi connectivity index (χ2v) is 10.4. The molecule has 10 nitrogen and oxygen atoms in total. The smallest absolute Gasteiger partial charge is 0.213 e. The molecule has 39 heavy (non-hydrogen) atoms. The molecule has 3 aliphatic rings. The first-order chi connectivity index (χ1) is 19.0. The summed E-state index contributed by atoms with van der Waals surface area (Å²) < 4.78 is 12.6. The lowest BCUT2D eigenvalue weighted by molar-refractivity contribution is 0.0341. The first-order valence-corrected chi connectivity index (χ1v) is 13.7. The minimum atomic E-state index is -0.368. The van der Waals surface area contributed by atoms with Crippen LogP contribution in [0.2, 0.25) is 0 Å². The number of morpholine rings is 1. The molecule has 0 N–H and O–H groups in total. The maximum absolute atomic E-state index is 12.9. The van der Waals surface area contributed by atoms with E-state index in [1.165, 1.54) is 10.2 Å². The van der Waals surface area contributed by atoms with Crippen molar-refractivity contribution in [3.05, 3.63) is 75.8 Å². The van der Waals surface area contributed by atoms with E-state index in [0.29, 0.717) is 22.5 Å². The Morgan fingerprint density at radius 1 is 0.846 bits per heavy atom. The van der Waals surface area contributed by atoms with E-state index in [4.69, 9.17) is 9.47 Å². The zero-order chi connectivity index (χ0) is 26.9. The molecular formula is C29H34N5O5-. The predicted octanol–water partition coefficient (Wildman–Crippen LogP) is 2.46. The molecule has 0 bridgehead atoms. The Bertz CT molecular complexity index is 1360. The quantitative estimate of drug-likeness (QED) is 0.342.